The highest BCUT2D eigenvalue weighted by atomic mass is 16.5. The van der Waals surface area contributed by atoms with Crippen molar-refractivity contribution in [3.05, 3.63) is 60.2 Å². The lowest BCUT2D eigenvalue weighted by Gasteiger charge is -2.20. The van der Waals surface area contributed by atoms with Gasteiger partial charge in [0.1, 0.15) is 18.3 Å². The number of methoxy groups -OCH3 is 1. The molecular weight excluding hydrogens is 402 g/mol. The summed E-state index contributed by atoms with van der Waals surface area (Å²) in [6.45, 7) is -0.243. The molecule has 0 bridgehead atoms. The molecule has 3 rings (SSSR count). The van der Waals surface area contributed by atoms with E-state index in [-0.39, 0.29) is 18.7 Å². The molecule has 1 aliphatic heterocycles. The molecule has 0 spiro atoms. The van der Waals surface area contributed by atoms with Gasteiger partial charge in [-0.25, -0.2) is 0 Å². The number of carbonyl (C=O) groups is 4. The maximum atomic E-state index is 12.6. The van der Waals surface area contributed by atoms with Gasteiger partial charge in [0.05, 0.1) is 12.8 Å². The van der Waals surface area contributed by atoms with Crippen LogP contribution in [0.15, 0.2) is 59.7 Å². The number of hydrazone groups is 1. The Hall–Kier alpha value is -4.21. The van der Waals surface area contributed by atoms with Crippen LogP contribution in [-0.2, 0) is 19.1 Å². The Morgan fingerprint density at radius 1 is 1.06 bits per heavy atom. The molecule has 0 saturated carbocycles. The number of ether oxygens (including phenoxy) is 1. The highest BCUT2D eigenvalue weighted by Gasteiger charge is 2.34. The van der Waals surface area contributed by atoms with Gasteiger partial charge in [-0.3, -0.25) is 24.2 Å². The normalized spacial score (nSPS) is 15.1. The maximum absolute atomic E-state index is 12.6. The lowest BCUT2D eigenvalue weighted by Crippen LogP contribution is -2.39. The van der Waals surface area contributed by atoms with Gasteiger partial charge in [0.15, 0.2) is 0 Å². The van der Waals surface area contributed by atoms with E-state index in [4.69, 9.17) is 5.73 Å². The van der Waals surface area contributed by atoms with Crippen LogP contribution in [-0.4, -0.2) is 49.1 Å². The minimum absolute atomic E-state index is 0.0735. The number of amides is 3. The first-order chi connectivity index (χ1) is 14.9. The van der Waals surface area contributed by atoms with Gasteiger partial charge >= 0.3 is 5.97 Å². The van der Waals surface area contributed by atoms with E-state index < -0.39 is 29.7 Å². The van der Waals surface area contributed by atoms with Crippen LogP contribution in [0, 0.1) is 0 Å². The van der Waals surface area contributed by atoms with E-state index in [1.807, 2.05) is 6.07 Å². The Morgan fingerprint density at radius 3 is 2.35 bits per heavy atom. The summed E-state index contributed by atoms with van der Waals surface area (Å²) in [6.07, 6.45) is 0.0735. The van der Waals surface area contributed by atoms with Crippen LogP contribution in [0.3, 0.4) is 0 Å². The number of nitrogens with zero attached hydrogens (tertiary/aromatic N) is 2. The van der Waals surface area contributed by atoms with Crippen molar-refractivity contribution in [3.63, 3.8) is 0 Å². The van der Waals surface area contributed by atoms with Crippen LogP contribution < -0.4 is 21.4 Å². The highest BCUT2D eigenvalue weighted by molar-refractivity contribution is 6.44. The van der Waals surface area contributed by atoms with E-state index in [0.29, 0.717) is 16.9 Å². The first-order valence-electron chi connectivity index (χ1n) is 9.36. The number of nitrogens with two attached hydrogens (primary N) is 1. The third-order valence-corrected chi connectivity index (χ3v) is 4.55. The van der Waals surface area contributed by atoms with E-state index in [9.17, 15) is 19.2 Å². The van der Waals surface area contributed by atoms with Crippen LogP contribution in [0.2, 0.25) is 0 Å². The van der Waals surface area contributed by atoms with Crippen molar-refractivity contribution < 1.29 is 23.9 Å². The molecule has 31 heavy (non-hydrogen) atoms. The monoisotopic (exact) mass is 423 g/mol. The van der Waals surface area contributed by atoms with Crippen molar-refractivity contribution in [2.75, 3.05) is 24.0 Å². The summed E-state index contributed by atoms with van der Waals surface area (Å²) in [5.41, 5.74) is 7.04. The Bertz CT molecular complexity index is 1020. The minimum Gasteiger partial charge on any atom is -0.468 e. The van der Waals surface area contributed by atoms with E-state index in [0.717, 1.165) is 0 Å². The quantitative estimate of drug-likeness (QED) is 0.558. The van der Waals surface area contributed by atoms with Gasteiger partial charge in [-0.1, -0.05) is 18.2 Å². The SMILES string of the molecule is COC(=O)CNC(=O)c1ccc(NC(=O)C2=NN(c3ccccc3)C(C(N)=O)C2)cc1. The molecule has 4 N–H and O–H groups in total. The lowest BCUT2D eigenvalue weighted by molar-refractivity contribution is -0.139. The van der Waals surface area contributed by atoms with Gasteiger partial charge < -0.3 is 21.1 Å². The number of carbonyl (C=O) groups excluding carboxylic acids is 4. The van der Waals surface area contributed by atoms with Crippen molar-refractivity contribution in [2.24, 2.45) is 10.8 Å². The molecule has 1 unspecified atom stereocenters. The van der Waals surface area contributed by atoms with Crippen LogP contribution in [0.25, 0.3) is 0 Å². The zero-order valence-electron chi connectivity index (χ0n) is 16.7. The van der Waals surface area contributed by atoms with E-state index in [2.05, 4.69) is 20.5 Å². The van der Waals surface area contributed by atoms with Crippen LogP contribution in [0.5, 0.6) is 0 Å². The van der Waals surface area contributed by atoms with Gasteiger partial charge in [0.25, 0.3) is 11.8 Å². The third-order valence-electron chi connectivity index (χ3n) is 4.55. The standard InChI is InChI=1S/C21H21N5O5/c1-31-18(27)12-23-20(29)13-7-9-14(10-8-13)24-21(30)16-11-17(19(22)28)26(25-16)15-5-3-2-4-6-15/h2-10,17H,11-12H2,1H3,(H2,22,28)(H,23,29)(H,24,30). The molecule has 10 nitrogen and oxygen atoms in total. The first-order valence-corrected chi connectivity index (χ1v) is 9.36. The van der Waals surface area contributed by atoms with Crippen molar-refractivity contribution in [1.29, 1.82) is 0 Å². The van der Waals surface area contributed by atoms with Crippen LogP contribution in [0.1, 0.15) is 16.8 Å². The molecule has 0 fully saturated rings. The number of para-hydroxylation sites is 1. The van der Waals surface area contributed by atoms with Crippen molar-refractivity contribution in [2.45, 2.75) is 12.5 Å². The molecule has 0 radical (unpaired) electrons. The summed E-state index contributed by atoms with van der Waals surface area (Å²) in [5.74, 6) is -2.08. The summed E-state index contributed by atoms with van der Waals surface area (Å²) in [5, 5.41) is 10.8. The summed E-state index contributed by atoms with van der Waals surface area (Å²) < 4.78 is 4.46. The molecule has 1 heterocycles. The number of hydrogen-bond acceptors (Lipinski definition) is 7. The smallest absolute Gasteiger partial charge is 0.325 e. The molecule has 10 heteroatoms. The molecule has 160 valence electrons. The molecule has 2 aromatic rings. The molecule has 1 aliphatic rings. The molecule has 0 saturated heterocycles. The Morgan fingerprint density at radius 2 is 1.74 bits per heavy atom. The molecule has 0 aromatic heterocycles. The maximum Gasteiger partial charge on any atom is 0.325 e. The predicted octanol–water partition coefficient (Wildman–Crippen LogP) is 0.648. The molecule has 3 amide bonds. The minimum atomic E-state index is -0.760. The average Bonchev–Trinajstić information content (AvgIpc) is 3.24. The topological polar surface area (TPSA) is 143 Å². The summed E-state index contributed by atoms with van der Waals surface area (Å²) in [4.78, 5) is 47.6. The zero-order valence-corrected chi connectivity index (χ0v) is 16.7. The van der Waals surface area contributed by atoms with Gasteiger partial charge in [0.2, 0.25) is 5.91 Å². The number of anilines is 2. The van der Waals surface area contributed by atoms with E-state index >= 15 is 0 Å². The second-order valence-corrected chi connectivity index (χ2v) is 6.64. The number of esters is 1. The van der Waals surface area contributed by atoms with Gasteiger partial charge in [-0.05, 0) is 36.4 Å². The first kappa shape index (κ1) is 21.5. The third kappa shape index (κ3) is 5.24. The van der Waals surface area contributed by atoms with Crippen molar-refractivity contribution in [3.8, 4) is 0 Å². The predicted molar refractivity (Wildman–Crippen MR) is 113 cm³/mol. The van der Waals surface area contributed by atoms with Crippen LogP contribution >= 0.6 is 0 Å². The molecule has 0 aliphatic carbocycles. The Kier molecular flexibility index (Phi) is 6.61. The molecular formula is C21H21N5O5. The van der Waals surface area contributed by atoms with Crippen molar-refractivity contribution >= 4 is 40.8 Å². The largest absolute Gasteiger partial charge is 0.468 e. The lowest BCUT2D eigenvalue weighted by atomic mass is 10.1. The summed E-state index contributed by atoms with van der Waals surface area (Å²) in [6, 6.07) is 14.3. The molecule has 1 atom stereocenters. The fraction of sp³-hybridized carbons (Fsp3) is 0.190. The number of benzene rings is 2. The fourth-order valence-electron chi connectivity index (χ4n) is 2.92. The number of hydrogen-bond donors (Lipinski definition) is 3. The van der Waals surface area contributed by atoms with Crippen molar-refractivity contribution in [1.82, 2.24) is 5.32 Å². The summed E-state index contributed by atoms with van der Waals surface area (Å²) >= 11 is 0. The number of nitrogens with one attached hydrogen (secondary N) is 2. The Labute approximate surface area is 178 Å². The zero-order chi connectivity index (χ0) is 22.4. The fourth-order valence-corrected chi connectivity index (χ4v) is 2.92. The second-order valence-electron chi connectivity index (χ2n) is 6.64. The number of primary amides is 1. The Balaban J connectivity index is 1.66. The number of rotatable bonds is 7. The summed E-state index contributed by atoms with van der Waals surface area (Å²) in [7, 11) is 1.23. The second kappa shape index (κ2) is 9.53. The average molecular weight is 423 g/mol. The van der Waals surface area contributed by atoms with E-state index in [1.54, 1.807) is 36.4 Å². The van der Waals surface area contributed by atoms with Crippen LogP contribution in [0.4, 0.5) is 11.4 Å². The molecule has 2 aromatic carbocycles. The van der Waals surface area contributed by atoms with E-state index in [1.165, 1.54) is 24.3 Å². The van der Waals surface area contributed by atoms with Gasteiger partial charge in [0, 0.05) is 17.7 Å². The highest BCUT2D eigenvalue weighted by Crippen LogP contribution is 2.24. The van der Waals surface area contributed by atoms with Gasteiger partial charge in [-0.2, -0.15) is 5.10 Å². The van der Waals surface area contributed by atoms with Gasteiger partial charge in [-0.15, -0.1) is 0 Å².